The van der Waals surface area contributed by atoms with Crippen molar-refractivity contribution in [3.8, 4) is 0 Å². The fourth-order valence-corrected chi connectivity index (χ4v) is 2.64. The first-order valence-electron chi connectivity index (χ1n) is 7.74. The molecule has 7 heteroatoms. The van der Waals surface area contributed by atoms with Crippen LogP contribution >= 0.6 is 0 Å². The quantitative estimate of drug-likeness (QED) is 0.940. The fourth-order valence-electron chi connectivity index (χ4n) is 2.64. The summed E-state index contributed by atoms with van der Waals surface area (Å²) in [4.78, 5) is 20.1. The summed E-state index contributed by atoms with van der Waals surface area (Å²) < 4.78 is 26.5. The largest absolute Gasteiger partial charge is 0.322 e. The van der Waals surface area contributed by atoms with Crippen LogP contribution in [-0.4, -0.2) is 47.0 Å². The lowest BCUT2D eigenvalue weighted by molar-refractivity contribution is 0.143. The van der Waals surface area contributed by atoms with Crippen molar-refractivity contribution in [3.05, 3.63) is 59.9 Å². The Bertz CT molecular complexity index is 703. The van der Waals surface area contributed by atoms with Crippen LogP contribution in [0.25, 0.3) is 0 Å². The fraction of sp³-hybridized carbons (Fsp3) is 0.294. The van der Waals surface area contributed by atoms with Crippen molar-refractivity contribution in [2.75, 3.05) is 31.5 Å². The van der Waals surface area contributed by atoms with E-state index in [0.29, 0.717) is 13.1 Å². The molecule has 5 nitrogen and oxygen atoms in total. The predicted molar refractivity (Wildman–Crippen MR) is 86.5 cm³/mol. The molecule has 0 radical (unpaired) electrons. The number of carbonyl (C=O) groups is 1. The topological polar surface area (TPSA) is 48.5 Å². The first kappa shape index (κ1) is 16.3. The summed E-state index contributed by atoms with van der Waals surface area (Å²) in [5.41, 5.74) is 1.11. The zero-order valence-corrected chi connectivity index (χ0v) is 13.1. The van der Waals surface area contributed by atoms with E-state index in [-0.39, 0.29) is 11.7 Å². The number of benzene rings is 1. The summed E-state index contributed by atoms with van der Waals surface area (Å²) in [5, 5.41) is 2.49. The van der Waals surface area contributed by atoms with E-state index in [9.17, 15) is 13.6 Å². The maximum atomic E-state index is 13.6. The van der Waals surface area contributed by atoms with Gasteiger partial charge in [-0.25, -0.2) is 13.6 Å². The van der Waals surface area contributed by atoms with Gasteiger partial charge in [0, 0.05) is 51.2 Å². The van der Waals surface area contributed by atoms with Gasteiger partial charge in [0.1, 0.15) is 11.6 Å². The molecule has 1 aliphatic rings. The number of nitrogens with one attached hydrogen (secondary N) is 1. The average Bonchev–Trinajstić information content (AvgIpc) is 2.59. The van der Waals surface area contributed by atoms with Crippen molar-refractivity contribution in [3.63, 3.8) is 0 Å². The van der Waals surface area contributed by atoms with Crippen LogP contribution in [0.3, 0.4) is 0 Å². The monoisotopic (exact) mass is 332 g/mol. The van der Waals surface area contributed by atoms with E-state index in [1.54, 1.807) is 11.1 Å². The molecule has 0 aliphatic carbocycles. The number of hydrogen-bond acceptors (Lipinski definition) is 3. The number of halogens is 2. The SMILES string of the molecule is O=C(Nc1ccc(F)cc1F)N1CCN(Cc2cccnc2)CC1. The number of amides is 2. The minimum absolute atomic E-state index is 0.0146. The van der Waals surface area contributed by atoms with Crippen molar-refractivity contribution < 1.29 is 13.6 Å². The molecule has 2 amide bonds. The number of carbonyl (C=O) groups excluding carboxylic acids is 1. The van der Waals surface area contributed by atoms with Gasteiger partial charge in [0.05, 0.1) is 5.69 Å². The molecule has 1 aliphatic heterocycles. The second kappa shape index (κ2) is 7.35. The average molecular weight is 332 g/mol. The number of urea groups is 1. The molecule has 24 heavy (non-hydrogen) atoms. The third-order valence-corrected chi connectivity index (χ3v) is 3.96. The Morgan fingerprint density at radius 3 is 2.62 bits per heavy atom. The van der Waals surface area contributed by atoms with E-state index >= 15 is 0 Å². The van der Waals surface area contributed by atoms with E-state index in [2.05, 4.69) is 15.2 Å². The molecule has 0 atom stereocenters. The van der Waals surface area contributed by atoms with Crippen LogP contribution in [-0.2, 0) is 6.54 Å². The van der Waals surface area contributed by atoms with Crippen molar-refractivity contribution >= 4 is 11.7 Å². The van der Waals surface area contributed by atoms with Gasteiger partial charge in [0.2, 0.25) is 0 Å². The van der Waals surface area contributed by atoms with Crippen LogP contribution in [0.1, 0.15) is 5.56 Å². The lowest BCUT2D eigenvalue weighted by Crippen LogP contribution is -2.49. The molecule has 2 heterocycles. The highest BCUT2D eigenvalue weighted by Gasteiger charge is 2.21. The zero-order valence-electron chi connectivity index (χ0n) is 13.1. The number of hydrogen-bond donors (Lipinski definition) is 1. The lowest BCUT2D eigenvalue weighted by Gasteiger charge is -2.34. The van der Waals surface area contributed by atoms with E-state index in [0.717, 1.165) is 37.3 Å². The molecule has 0 bridgehead atoms. The van der Waals surface area contributed by atoms with Gasteiger partial charge in [-0.2, -0.15) is 0 Å². The van der Waals surface area contributed by atoms with Gasteiger partial charge in [-0.15, -0.1) is 0 Å². The van der Waals surface area contributed by atoms with E-state index in [1.165, 1.54) is 6.07 Å². The summed E-state index contributed by atoms with van der Waals surface area (Å²) in [6.45, 7) is 3.35. The predicted octanol–water partition coefficient (Wildman–Crippen LogP) is 2.71. The third-order valence-electron chi connectivity index (χ3n) is 3.96. The zero-order chi connectivity index (χ0) is 16.9. The standard InChI is InChI=1S/C17H18F2N4O/c18-14-3-4-16(15(19)10-14)21-17(24)23-8-6-22(7-9-23)12-13-2-1-5-20-11-13/h1-5,10-11H,6-9,12H2,(H,21,24). The van der Waals surface area contributed by atoms with Crippen LogP contribution < -0.4 is 5.32 Å². The minimum atomic E-state index is -0.779. The van der Waals surface area contributed by atoms with Gasteiger partial charge in [0.15, 0.2) is 0 Å². The van der Waals surface area contributed by atoms with Crippen LogP contribution in [0.15, 0.2) is 42.7 Å². The molecule has 1 aromatic heterocycles. The van der Waals surface area contributed by atoms with Crippen molar-refractivity contribution in [1.29, 1.82) is 0 Å². The van der Waals surface area contributed by atoms with E-state index in [4.69, 9.17) is 0 Å². The van der Waals surface area contributed by atoms with Crippen LogP contribution in [0.2, 0.25) is 0 Å². The molecule has 1 saturated heterocycles. The lowest BCUT2D eigenvalue weighted by atomic mass is 10.2. The number of nitrogens with zero attached hydrogens (tertiary/aromatic N) is 3. The number of aromatic nitrogens is 1. The van der Waals surface area contributed by atoms with E-state index in [1.807, 2.05) is 18.3 Å². The maximum absolute atomic E-state index is 13.6. The summed E-state index contributed by atoms with van der Waals surface area (Å²) in [6, 6.07) is 6.63. The van der Waals surface area contributed by atoms with Crippen molar-refractivity contribution in [1.82, 2.24) is 14.8 Å². The Kier molecular flexibility index (Phi) is 5.00. The Labute approximate surface area is 138 Å². The molecule has 0 unspecified atom stereocenters. The normalized spacial score (nSPS) is 15.3. The molecule has 3 rings (SSSR count). The molecule has 0 saturated carbocycles. The first-order valence-corrected chi connectivity index (χ1v) is 7.74. The highest BCUT2D eigenvalue weighted by molar-refractivity contribution is 5.89. The van der Waals surface area contributed by atoms with Gasteiger partial charge >= 0.3 is 6.03 Å². The molecular formula is C17H18F2N4O. The van der Waals surface area contributed by atoms with Gasteiger partial charge in [-0.05, 0) is 23.8 Å². The van der Waals surface area contributed by atoms with Crippen LogP contribution in [0, 0.1) is 11.6 Å². The second-order valence-electron chi connectivity index (χ2n) is 5.68. The smallest absolute Gasteiger partial charge is 0.322 e. The molecule has 1 N–H and O–H groups in total. The third kappa shape index (κ3) is 4.05. The molecule has 0 spiro atoms. The maximum Gasteiger partial charge on any atom is 0.322 e. The Morgan fingerprint density at radius 2 is 1.96 bits per heavy atom. The van der Waals surface area contributed by atoms with Gasteiger partial charge in [-0.1, -0.05) is 6.07 Å². The van der Waals surface area contributed by atoms with Crippen molar-refractivity contribution in [2.24, 2.45) is 0 Å². The van der Waals surface area contributed by atoms with E-state index < -0.39 is 11.6 Å². The van der Waals surface area contributed by atoms with Crippen LogP contribution in [0.4, 0.5) is 19.3 Å². The molecule has 126 valence electrons. The summed E-state index contributed by atoms with van der Waals surface area (Å²) in [7, 11) is 0. The molecule has 1 aromatic carbocycles. The number of rotatable bonds is 3. The van der Waals surface area contributed by atoms with Gasteiger partial charge in [-0.3, -0.25) is 9.88 Å². The molecule has 1 fully saturated rings. The Morgan fingerprint density at radius 1 is 1.17 bits per heavy atom. The van der Waals surface area contributed by atoms with Crippen molar-refractivity contribution in [2.45, 2.75) is 6.54 Å². The summed E-state index contributed by atoms with van der Waals surface area (Å²) >= 11 is 0. The molecule has 2 aromatic rings. The van der Waals surface area contributed by atoms with Gasteiger partial charge in [0.25, 0.3) is 0 Å². The molecular weight excluding hydrogens is 314 g/mol. The Balaban J connectivity index is 1.51. The number of pyridine rings is 1. The minimum Gasteiger partial charge on any atom is -0.322 e. The second-order valence-corrected chi connectivity index (χ2v) is 5.68. The first-order chi connectivity index (χ1) is 11.6. The number of piperazine rings is 1. The highest BCUT2D eigenvalue weighted by Crippen LogP contribution is 2.16. The van der Waals surface area contributed by atoms with Crippen LogP contribution in [0.5, 0.6) is 0 Å². The Hall–Kier alpha value is -2.54. The van der Waals surface area contributed by atoms with Gasteiger partial charge < -0.3 is 10.2 Å². The highest BCUT2D eigenvalue weighted by atomic mass is 19.1. The summed E-state index contributed by atoms with van der Waals surface area (Å²) in [5.74, 6) is -1.45. The number of anilines is 1. The summed E-state index contributed by atoms with van der Waals surface area (Å²) in [6.07, 6.45) is 3.57.